The van der Waals surface area contributed by atoms with Gasteiger partial charge in [0.25, 0.3) is 0 Å². The van der Waals surface area contributed by atoms with Crippen LogP contribution in [0.5, 0.6) is 0 Å². The summed E-state index contributed by atoms with van der Waals surface area (Å²) in [5, 5.41) is 1.47. The lowest BCUT2D eigenvalue weighted by atomic mass is 10.2. The van der Waals surface area contributed by atoms with Crippen molar-refractivity contribution in [1.82, 2.24) is 9.36 Å². The lowest BCUT2D eigenvalue weighted by Gasteiger charge is -2.00. The predicted molar refractivity (Wildman–Crippen MR) is 65.9 cm³/mol. The van der Waals surface area contributed by atoms with Gasteiger partial charge in [0.05, 0.1) is 0 Å². The van der Waals surface area contributed by atoms with Crippen molar-refractivity contribution in [3.8, 4) is 0 Å². The van der Waals surface area contributed by atoms with Gasteiger partial charge in [0, 0.05) is 10.8 Å². The van der Waals surface area contributed by atoms with Crippen LogP contribution in [-0.4, -0.2) is 9.36 Å². The zero-order valence-corrected chi connectivity index (χ0v) is 10.6. The average Bonchev–Trinajstić information content (AvgIpc) is 2.63. The van der Waals surface area contributed by atoms with Crippen LogP contribution in [0.3, 0.4) is 0 Å². The fraction of sp³-hybridized carbons (Fsp3) is 0.111. The molecule has 0 bridgehead atoms. The maximum Gasteiger partial charge on any atom is 0.204 e. The highest BCUT2D eigenvalue weighted by Gasteiger charge is 2.04. The van der Waals surface area contributed by atoms with E-state index in [-0.39, 0.29) is 0 Å². The van der Waals surface area contributed by atoms with Crippen LogP contribution >= 0.6 is 46.5 Å². The second kappa shape index (κ2) is 5.16. The molecule has 0 aliphatic carbocycles. The van der Waals surface area contributed by atoms with E-state index < -0.39 is 0 Å². The fourth-order valence-electron chi connectivity index (χ4n) is 1.01. The average molecular weight is 277 g/mol. The van der Waals surface area contributed by atoms with Crippen molar-refractivity contribution in [3.05, 3.63) is 39.3 Å². The van der Waals surface area contributed by atoms with E-state index in [9.17, 15) is 0 Å². The molecule has 2 nitrogen and oxygen atoms in total. The summed E-state index contributed by atoms with van der Waals surface area (Å²) in [5.41, 5.74) is 1.08. The number of halogens is 2. The van der Waals surface area contributed by atoms with Gasteiger partial charge in [-0.3, -0.25) is 0 Å². The zero-order valence-electron chi connectivity index (χ0n) is 7.48. The normalized spacial score (nSPS) is 10.5. The fourth-order valence-corrected chi connectivity index (χ4v) is 2.92. The van der Waals surface area contributed by atoms with Gasteiger partial charge in [-0.25, -0.2) is 0 Å². The van der Waals surface area contributed by atoms with E-state index in [1.54, 1.807) is 0 Å². The van der Waals surface area contributed by atoms with Gasteiger partial charge in [0.2, 0.25) is 9.62 Å². The smallest absolute Gasteiger partial charge is 0.198 e. The predicted octanol–water partition coefficient (Wildman–Crippen LogP) is 4.14. The van der Waals surface area contributed by atoms with Crippen LogP contribution in [0.25, 0.3) is 0 Å². The summed E-state index contributed by atoms with van der Waals surface area (Å²) in [7, 11) is 0. The van der Waals surface area contributed by atoms with Gasteiger partial charge in [0.1, 0.15) is 0 Å². The Kier molecular flexibility index (Phi) is 3.86. The van der Waals surface area contributed by atoms with Gasteiger partial charge in [-0.05, 0) is 34.8 Å². The van der Waals surface area contributed by atoms with Crippen molar-refractivity contribution in [2.24, 2.45) is 0 Å². The first-order valence-electron chi connectivity index (χ1n) is 4.11. The first kappa shape index (κ1) is 11.2. The third kappa shape index (κ3) is 3.08. The summed E-state index contributed by atoms with van der Waals surface area (Å²) in [5.74, 6) is 0.757. The number of thioether (sulfide) groups is 1. The molecule has 1 aromatic heterocycles. The number of benzene rings is 1. The molecule has 0 saturated carbocycles. The van der Waals surface area contributed by atoms with E-state index in [1.807, 2.05) is 24.3 Å². The summed E-state index contributed by atoms with van der Waals surface area (Å²) >= 11 is 14.4. The Morgan fingerprint density at radius 1 is 1.27 bits per heavy atom. The Bertz CT molecular complexity index is 459. The van der Waals surface area contributed by atoms with Crippen LogP contribution in [-0.2, 0) is 5.75 Å². The van der Waals surface area contributed by atoms with Crippen LogP contribution in [0, 0.1) is 0 Å². The number of rotatable bonds is 3. The molecule has 6 heteroatoms. The van der Waals surface area contributed by atoms with E-state index >= 15 is 0 Å². The molecule has 0 saturated heterocycles. The first-order valence-corrected chi connectivity index (χ1v) is 6.62. The topological polar surface area (TPSA) is 25.8 Å². The molecule has 2 rings (SSSR count). The minimum atomic E-state index is 0.469. The van der Waals surface area contributed by atoms with Gasteiger partial charge in [-0.2, -0.15) is 9.36 Å². The highest BCUT2D eigenvalue weighted by Crippen LogP contribution is 2.26. The monoisotopic (exact) mass is 276 g/mol. The quantitative estimate of drug-likeness (QED) is 0.789. The molecule has 15 heavy (non-hydrogen) atoms. The van der Waals surface area contributed by atoms with Gasteiger partial charge >= 0.3 is 0 Å². The molecule has 0 aliphatic rings. The third-order valence-electron chi connectivity index (χ3n) is 1.70. The van der Waals surface area contributed by atoms with E-state index in [4.69, 9.17) is 23.2 Å². The van der Waals surface area contributed by atoms with Crippen molar-refractivity contribution in [2.45, 2.75) is 10.9 Å². The van der Waals surface area contributed by atoms with Crippen molar-refractivity contribution in [1.29, 1.82) is 0 Å². The number of aromatic nitrogens is 2. The summed E-state index contributed by atoms with van der Waals surface area (Å²) < 4.78 is 4.55. The summed E-state index contributed by atoms with van der Waals surface area (Å²) in [6.45, 7) is 0. The molecule has 0 aliphatic heterocycles. The molecule has 0 N–H and O–H groups in total. The molecule has 0 amide bonds. The van der Waals surface area contributed by atoms with Crippen molar-refractivity contribution in [3.63, 3.8) is 0 Å². The Hall–Kier alpha value is -0.290. The highest BCUT2D eigenvalue weighted by atomic mass is 35.5. The Morgan fingerprint density at radius 2 is 2.07 bits per heavy atom. The number of nitrogens with zero attached hydrogens (tertiary/aromatic N) is 2. The lowest BCUT2D eigenvalue weighted by Crippen LogP contribution is -1.82. The molecular formula is C9H6Cl2N2S2. The van der Waals surface area contributed by atoms with Crippen LogP contribution in [0.15, 0.2) is 29.4 Å². The van der Waals surface area contributed by atoms with Crippen LogP contribution in [0.4, 0.5) is 0 Å². The van der Waals surface area contributed by atoms with Gasteiger partial charge in [-0.15, -0.1) is 0 Å². The molecule has 1 aromatic carbocycles. The van der Waals surface area contributed by atoms with Crippen molar-refractivity contribution in [2.75, 3.05) is 0 Å². The number of hydrogen-bond donors (Lipinski definition) is 0. The largest absolute Gasteiger partial charge is 0.204 e. The highest BCUT2D eigenvalue weighted by molar-refractivity contribution is 7.98. The molecule has 0 radical (unpaired) electrons. The number of hydrogen-bond acceptors (Lipinski definition) is 4. The first-order chi connectivity index (χ1) is 7.25. The molecule has 0 unspecified atom stereocenters. The maximum absolute atomic E-state index is 6.02. The minimum Gasteiger partial charge on any atom is -0.198 e. The van der Waals surface area contributed by atoms with E-state index in [0.29, 0.717) is 9.62 Å². The van der Waals surface area contributed by atoms with Crippen LogP contribution in [0.1, 0.15) is 5.56 Å². The zero-order chi connectivity index (χ0) is 10.7. The summed E-state index contributed by atoms with van der Waals surface area (Å²) in [6, 6.07) is 7.74. The summed E-state index contributed by atoms with van der Waals surface area (Å²) in [6.07, 6.45) is 0. The standard InChI is InChI=1S/C9H6Cl2N2S2/c10-7-4-2-1-3-6(7)5-14-9-12-8(11)15-13-9/h1-4H,5H2. The Labute approximate surface area is 106 Å². The second-order valence-corrected chi connectivity index (χ2v) is 5.39. The minimum absolute atomic E-state index is 0.469. The lowest BCUT2D eigenvalue weighted by molar-refractivity contribution is 1.08. The molecular weight excluding hydrogens is 271 g/mol. The van der Waals surface area contributed by atoms with E-state index in [1.165, 1.54) is 23.3 Å². The van der Waals surface area contributed by atoms with Crippen LogP contribution < -0.4 is 0 Å². The SMILES string of the molecule is Clc1nc(SCc2ccccc2Cl)ns1. The van der Waals surface area contributed by atoms with Gasteiger partial charge < -0.3 is 0 Å². The van der Waals surface area contributed by atoms with Crippen LogP contribution in [0.2, 0.25) is 9.49 Å². The van der Waals surface area contributed by atoms with E-state index in [0.717, 1.165) is 16.3 Å². The third-order valence-corrected chi connectivity index (χ3v) is 3.88. The Morgan fingerprint density at radius 3 is 2.73 bits per heavy atom. The second-order valence-electron chi connectivity index (χ2n) is 2.71. The van der Waals surface area contributed by atoms with E-state index in [2.05, 4.69) is 9.36 Å². The summed E-state index contributed by atoms with van der Waals surface area (Å²) in [4.78, 5) is 4.05. The van der Waals surface area contributed by atoms with Crippen molar-refractivity contribution >= 4 is 46.5 Å². The Balaban J connectivity index is 2.02. The molecule has 78 valence electrons. The maximum atomic E-state index is 6.02. The van der Waals surface area contributed by atoms with Gasteiger partial charge in [0.15, 0.2) is 0 Å². The molecule has 0 fully saturated rings. The molecule has 2 aromatic rings. The molecule has 0 spiro atoms. The van der Waals surface area contributed by atoms with Crippen molar-refractivity contribution < 1.29 is 0 Å². The molecule has 1 heterocycles. The van der Waals surface area contributed by atoms with Gasteiger partial charge in [-0.1, -0.05) is 41.6 Å². The molecule has 0 atom stereocenters.